The number of ether oxygens (including phenoxy) is 1. The van der Waals surface area contributed by atoms with Crippen molar-refractivity contribution in [1.82, 2.24) is 9.62 Å². The Morgan fingerprint density at radius 3 is 2.36 bits per heavy atom. The van der Waals surface area contributed by atoms with E-state index in [4.69, 9.17) is 4.74 Å². The summed E-state index contributed by atoms with van der Waals surface area (Å²) in [6, 6.07) is 12.8. The van der Waals surface area contributed by atoms with Crippen molar-refractivity contribution >= 4 is 39.0 Å². The first kappa shape index (κ1) is 25.1. The maximum absolute atomic E-state index is 13.2. The smallest absolute Gasteiger partial charge is 0.317 e. The molecule has 1 N–H and O–H groups in total. The molecule has 1 aliphatic heterocycles. The lowest BCUT2D eigenvalue weighted by Crippen LogP contribution is -2.49. The van der Waals surface area contributed by atoms with Gasteiger partial charge in [0, 0.05) is 31.4 Å². The fourth-order valence-electron chi connectivity index (χ4n) is 3.93. The van der Waals surface area contributed by atoms with Gasteiger partial charge in [0.05, 0.1) is 16.5 Å². The van der Waals surface area contributed by atoms with Gasteiger partial charge in [-0.1, -0.05) is 30.3 Å². The number of nitrogens with one attached hydrogen (secondary N) is 1. The van der Waals surface area contributed by atoms with Crippen LogP contribution < -0.4 is 4.72 Å². The molecule has 0 atom stereocenters. The molecular weight excluding hydrogens is 464 g/mol. The number of hydrogen-bond acceptors (Lipinski definition) is 7. The van der Waals surface area contributed by atoms with Crippen LogP contribution in [0.15, 0.2) is 42.5 Å². The Labute approximate surface area is 198 Å². The molecule has 0 radical (unpaired) electrons. The molecule has 1 aromatic heterocycles. The third-order valence-electron chi connectivity index (χ3n) is 5.79. The molecule has 2 aromatic rings. The minimum Gasteiger partial charge on any atom is -0.457 e. The Hall–Kier alpha value is -2.56. The lowest BCUT2D eigenvalue weighted by atomic mass is 9.72. The topological polar surface area (TPSA) is 110 Å². The van der Waals surface area contributed by atoms with Gasteiger partial charge in [-0.2, -0.15) is 0 Å². The fraction of sp³-hybridized carbons (Fsp3) is 0.435. The van der Waals surface area contributed by atoms with Crippen LogP contribution in [0.25, 0.3) is 0 Å². The van der Waals surface area contributed by atoms with Gasteiger partial charge in [-0.15, -0.1) is 11.3 Å². The Morgan fingerprint density at radius 2 is 1.76 bits per heavy atom. The largest absolute Gasteiger partial charge is 0.457 e. The van der Waals surface area contributed by atoms with Crippen LogP contribution in [0.1, 0.15) is 39.9 Å². The highest BCUT2D eigenvalue weighted by molar-refractivity contribution is 7.88. The first-order valence-corrected chi connectivity index (χ1v) is 13.4. The predicted octanol–water partition coefficient (Wildman–Crippen LogP) is 2.15. The molecule has 0 unspecified atom stereocenters. The number of hydrogen-bond donors (Lipinski definition) is 1. The number of thiophene rings is 1. The molecule has 0 bridgehead atoms. The van der Waals surface area contributed by atoms with Crippen LogP contribution >= 0.6 is 11.3 Å². The third-order valence-corrected chi connectivity index (χ3v) is 7.70. The zero-order valence-corrected chi connectivity index (χ0v) is 20.3. The molecule has 1 aliphatic rings. The van der Waals surface area contributed by atoms with Gasteiger partial charge in [-0.25, -0.2) is 13.1 Å². The molecule has 1 fully saturated rings. The standard InChI is InChI=1S/C23H28N2O6S2/c1-17(26)25-14-11-23(12-15-25,18-6-4-3-5-7-18)22(28)31-16-20(27)21-9-8-19(32-21)10-13-24-33(2,29)30/h3-9,24H,10-16H2,1-2H3. The van der Waals surface area contributed by atoms with Crippen molar-refractivity contribution in [2.45, 2.75) is 31.6 Å². The molecule has 33 heavy (non-hydrogen) atoms. The van der Waals surface area contributed by atoms with Gasteiger partial charge in [-0.05, 0) is 37.0 Å². The molecule has 0 spiro atoms. The van der Waals surface area contributed by atoms with Crippen LogP contribution in [0, 0.1) is 0 Å². The summed E-state index contributed by atoms with van der Waals surface area (Å²) in [4.78, 5) is 40.6. The highest BCUT2D eigenvalue weighted by atomic mass is 32.2. The van der Waals surface area contributed by atoms with Gasteiger partial charge in [-0.3, -0.25) is 14.4 Å². The van der Waals surface area contributed by atoms with Crippen molar-refractivity contribution in [1.29, 1.82) is 0 Å². The van der Waals surface area contributed by atoms with Crippen LogP contribution in [0.3, 0.4) is 0 Å². The molecule has 8 nitrogen and oxygen atoms in total. The number of carbonyl (C=O) groups excluding carboxylic acids is 3. The van der Waals surface area contributed by atoms with Gasteiger partial charge in [0.1, 0.15) is 0 Å². The van der Waals surface area contributed by atoms with Crippen molar-refractivity contribution in [2.24, 2.45) is 0 Å². The van der Waals surface area contributed by atoms with Crippen LogP contribution in [-0.4, -0.2) is 63.5 Å². The summed E-state index contributed by atoms with van der Waals surface area (Å²) in [6.07, 6.45) is 2.42. The highest BCUT2D eigenvalue weighted by Crippen LogP contribution is 2.37. The van der Waals surface area contributed by atoms with E-state index in [-0.39, 0.29) is 24.8 Å². The molecule has 0 saturated carbocycles. The number of amides is 1. The van der Waals surface area contributed by atoms with Crippen molar-refractivity contribution in [3.05, 3.63) is 57.8 Å². The highest BCUT2D eigenvalue weighted by Gasteiger charge is 2.45. The molecule has 10 heteroatoms. The average molecular weight is 493 g/mol. The van der Waals surface area contributed by atoms with Gasteiger partial charge in [0.2, 0.25) is 21.7 Å². The van der Waals surface area contributed by atoms with E-state index in [1.54, 1.807) is 17.0 Å². The minimum absolute atomic E-state index is 0.0274. The van der Waals surface area contributed by atoms with E-state index < -0.39 is 21.4 Å². The lowest BCUT2D eigenvalue weighted by Gasteiger charge is -2.40. The Morgan fingerprint density at radius 1 is 1.09 bits per heavy atom. The Balaban J connectivity index is 1.64. The van der Waals surface area contributed by atoms with Gasteiger partial charge >= 0.3 is 5.97 Å². The van der Waals surface area contributed by atoms with Crippen molar-refractivity contribution in [2.75, 3.05) is 32.5 Å². The summed E-state index contributed by atoms with van der Waals surface area (Å²) in [7, 11) is -3.26. The summed E-state index contributed by atoms with van der Waals surface area (Å²) < 4.78 is 30.3. The molecule has 0 aliphatic carbocycles. The summed E-state index contributed by atoms with van der Waals surface area (Å²) in [5.41, 5.74) is -0.0757. The zero-order chi connectivity index (χ0) is 24.1. The number of piperidine rings is 1. The molecule has 1 saturated heterocycles. The second kappa shape index (κ2) is 10.6. The summed E-state index contributed by atoms with van der Waals surface area (Å²) in [5, 5.41) is 0. The Kier molecular flexibility index (Phi) is 8.04. The van der Waals surface area contributed by atoms with E-state index in [0.29, 0.717) is 37.2 Å². The number of carbonyl (C=O) groups is 3. The number of likely N-dealkylation sites (tertiary alicyclic amines) is 1. The van der Waals surface area contributed by atoms with Crippen LogP contribution in [-0.2, 0) is 36.2 Å². The second-order valence-corrected chi connectivity index (χ2v) is 11.1. The summed E-state index contributed by atoms with van der Waals surface area (Å²) in [5.74, 6) is -0.792. The number of rotatable bonds is 9. The monoisotopic (exact) mass is 492 g/mol. The van der Waals surface area contributed by atoms with Gasteiger partial charge in [0.25, 0.3) is 0 Å². The van der Waals surface area contributed by atoms with E-state index in [9.17, 15) is 22.8 Å². The van der Waals surface area contributed by atoms with E-state index in [1.165, 1.54) is 18.3 Å². The molecule has 2 heterocycles. The van der Waals surface area contributed by atoms with Crippen LogP contribution in [0.2, 0.25) is 0 Å². The molecular formula is C23H28N2O6S2. The lowest BCUT2D eigenvalue weighted by molar-refractivity contribution is -0.153. The van der Waals surface area contributed by atoms with Gasteiger partial charge < -0.3 is 9.64 Å². The van der Waals surface area contributed by atoms with E-state index in [2.05, 4.69) is 4.72 Å². The van der Waals surface area contributed by atoms with Crippen molar-refractivity contribution in [3.63, 3.8) is 0 Å². The van der Waals surface area contributed by atoms with Crippen LogP contribution in [0.4, 0.5) is 0 Å². The zero-order valence-electron chi connectivity index (χ0n) is 18.7. The molecule has 178 valence electrons. The number of sulfonamides is 1. The first-order valence-electron chi connectivity index (χ1n) is 10.7. The normalized spacial score (nSPS) is 15.8. The van der Waals surface area contributed by atoms with E-state index >= 15 is 0 Å². The van der Waals surface area contributed by atoms with Crippen molar-refractivity contribution in [3.8, 4) is 0 Å². The molecule has 1 amide bonds. The van der Waals surface area contributed by atoms with E-state index in [0.717, 1.165) is 16.7 Å². The number of Topliss-reactive ketones (excluding diaryl/α,β-unsaturated/α-hetero) is 1. The van der Waals surface area contributed by atoms with Crippen molar-refractivity contribution < 1.29 is 27.5 Å². The van der Waals surface area contributed by atoms with Crippen LogP contribution in [0.5, 0.6) is 0 Å². The SMILES string of the molecule is CC(=O)N1CCC(C(=O)OCC(=O)c2ccc(CCNS(C)(=O)=O)s2)(c2ccccc2)CC1. The molecule has 3 rings (SSSR count). The summed E-state index contributed by atoms with van der Waals surface area (Å²) in [6.45, 7) is 2.29. The number of nitrogens with zero attached hydrogens (tertiary/aromatic N) is 1. The number of ketones is 1. The summed E-state index contributed by atoms with van der Waals surface area (Å²) >= 11 is 1.26. The third kappa shape index (κ3) is 6.49. The maximum atomic E-state index is 13.2. The number of benzene rings is 1. The quantitative estimate of drug-likeness (QED) is 0.424. The van der Waals surface area contributed by atoms with Gasteiger partial charge in [0.15, 0.2) is 6.61 Å². The Bertz CT molecular complexity index is 1100. The predicted molar refractivity (Wildman–Crippen MR) is 126 cm³/mol. The fourth-order valence-corrected chi connectivity index (χ4v) is 5.34. The van der Waals surface area contributed by atoms with E-state index in [1.807, 2.05) is 30.3 Å². The average Bonchev–Trinajstić information content (AvgIpc) is 3.26. The molecule has 1 aromatic carbocycles. The second-order valence-electron chi connectivity index (χ2n) is 8.14. The first-order chi connectivity index (χ1) is 15.6. The minimum atomic E-state index is -3.26. The maximum Gasteiger partial charge on any atom is 0.317 e. The number of esters is 1.